The van der Waals surface area contributed by atoms with Gasteiger partial charge >= 0.3 is 0 Å². The van der Waals surface area contributed by atoms with Gasteiger partial charge in [-0.1, -0.05) is 11.6 Å². The van der Waals surface area contributed by atoms with Crippen molar-refractivity contribution < 1.29 is 4.79 Å². The number of amides is 1. The molecule has 0 bridgehead atoms. The largest absolute Gasteiger partial charge is 0.369 e. The smallest absolute Gasteiger partial charge is 0.253 e. The van der Waals surface area contributed by atoms with Gasteiger partial charge in [-0.3, -0.25) is 4.79 Å². The Morgan fingerprint density at radius 1 is 1.45 bits per heavy atom. The van der Waals surface area contributed by atoms with Gasteiger partial charge in [0.1, 0.15) is 5.82 Å². The summed E-state index contributed by atoms with van der Waals surface area (Å²) in [6.45, 7) is 2.96. The van der Waals surface area contributed by atoms with Crippen molar-refractivity contribution in [3.8, 4) is 0 Å². The van der Waals surface area contributed by atoms with Gasteiger partial charge in [0.15, 0.2) is 0 Å². The Balaban J connectivity index is 2.00. The van der Waals surface area contributed by atoms with Crippen LogP contribution in [0, 0.1) is 0 Å². The number of hydrogen-bond donors (Lipinski definition) is 2. The Morgan fingerprint density at radius 2 is 2.30 bits per heavy atom. The molecule has 7 heteroatoms. The number of rotatable bonds is 5. The highest BCUT2D eigenvalue weighted by atomic mass is 35.5. The lowest BCUT2D eigenvalue weighted by Crippen LogP contribution is -2.23. The molecule has 2 aromatic heterocycles. The summed E-state index contributed by atoms with van der Waals surface area (Å²) in [6, 6.07) is 5.13. The van der Waals surface area contributed by atoms with E-state index in [-0.39, 0.29) is 5.91 Å². The van der Waals surface area contributed by atoms with Crippen LogP contribution in [0.15, 0.2) is 30.6 Å². The molecule has 0 saturated heterocycles. The maximum Gasteiger partial charge on any atom is 0.253 e. The minimum atomic E-state index is -0.256. The van der Waals surface area contributed by atoms with Crippen LogP contribution >= 0.6 is 11.6 Å². The molecule has 104 valence electrons. The lowest BCUT2D eigenvalue weighted by atomic mass is 10.2. The molecule has 6 nitrogen and oxygen atoms in total. The van der Waals surface area contributed by atoms with Crippen molar-refractivity contribution in [1.82, 2.24) is 20.5 Å². The summed E-state index contributed by atoms with van der Waals surface area (Å²) in [7, 11) is 0. The quantitative estimate of drug-likeness (QED) is 0.879. The van der Waals surface area contributed by atoms with Gasteiger partial charge in [0.2, 0.25) is 0 Å². The Labute approximate surface area is 121 Å². The van der Waals surface area contributed by atoms with Crippen LogP contribution in [0.25, 0.3) is 0 Å². The third kappa shape index (κ3) is 3.64. The number of nitrogens with zero attached hydrogens (tertiary/aromatic N) is 3. The van der Waals surface area contributed by atoms with E-state index in [1.54, 1.807) is 24.4 Å². The summed E-state index contributed by atoms with van der Waals surface area (Å²) in [4.78, 5) is 16.1. The van der Waals surface area contributed by atoms with Crippen molar-refractivity contribution in [1.29, 1.82) is 0 Å². The lowest BCUT2D eigenvalue weighted by molar-refractivity contribution is 0.0950. The highest BCUT2D eigenvalue weighted by Crippen LogP contribution is 2.19. The molecule has 2 heterocycles. The zero-order chi connectivity index (χ0) is 14.4. The van der Waals surface area contributed by atoms with Crippen LogP contribution in [0.5, 0.6) is 0 Å². The topological polar surface area (TPSA) is 79.8 Å². The van der Waals surface area contributed by atoms with E-state index in [9.17, 15) is 4.79 Å². The molecule has 2 aromatic rings. The number of hydrogen-bond acceptors (Lipinski definition) is 5. The predicted molar refractivity (Wildman–Crippen MR) is 76.6 cm³/mol. The normalized spacial score (nSPS) is 10.1. The maximum absolute atomic E-state index is 12.0. The van der Waals surface area contributed by atoms with Gasteiger partial charge in [0.25, 0.3) is 5.91 Å². The van der Waals surface area contributed by atoms with Gasteiger partial charge in [-0.05, 0) is 25.1 Å². The van der Waals surface area contributed by atoms with E-state index in [0.29, 0.717) is 35.2 Å². The molecule has 20 heavy (non-hydrogen) atoms. The van der Waals surface area contributed by atoms with Crippen molar-refractivity contribution in [2.75, 3.05) is 11.9 Å². The third-order valence-electron chi connectivity index (χ3n) is 2.51. The second kappa shape index (κ2) is 6.81. The summed E-state index contributed by atoms with van der Waals surface area (Å²) < 4.78 is 0. The van der Waals surface area contributed by atoms with Crippen molar-refractivity contribution in [2.24, 2.45) is 0 Å². The molecule has 0 saturated carbocycles. The van der Waals surface area contributed by atoms with Gasteiger partial charge in [-0.25, -0.2) is 4.98 Å². The number of halogens is 1. The fourth-order valence-electron chi connectivity index (χ4n) is 1.56. The zero-order valence-electron chi connectivity index (χ0n) is 10.9. The summed E-state index contributed by atoms with van der Waals surface area (Å²) in [5, 5.41) is 13.8. The molecule has 0 aliphatic heterocycles. The molecule has 2 rings (SSSR count). The van der Waals surface area contributed by atoms with Crippen LogP contribution in [-0.4, -0.2) is 27.6 Å². The summed E-state index contributed by atoms with van der Waals surface area (Å²) in [5.41, 5.74) is 1.09. The molecule has 0 spiro atoms. The summed E-state index contributed by atoms with van der Waals surface area (Å²) in [5.74, 6) is 0.313. The second-order valence-electron chi connectivity index (χ2n) is 3.98. The Kier molecular flexibility index (Phi) is 4.84. The Hall–Kier alpha value is -2.21. The molecule has 1 amide bonds. The molecule has 0 unspecified atom stereocenters. The molecule has 2 N–H and O–H groups in total. The minimum absolute atomic E-state index is 0.256. The first-order valence-electron chi connectivity index (χ1n) is 6.15. The average molecular weight is 292 g/mol. The van der Waals surface area contributed by atoms with E-state index in [0.717, 1.165) is 0 Å². The number of carbonyl (C=O) groups excluding carboxylic acids is 1. The van der Waals surface area contributed by atoms with Crippen LogP contribution in [-0.2, 0) is 6.54 Å². The average Bonchev–Trinajstić information content (AvgIpc) is 2.48. The zero-order valence-corrected chi connectivity index (χ0v) is 11.7. The fourth-order valence-corrected chi connectivity index (χ4v) is 1.79. The maximum atomic E-state index is 12.0. The van der Waals surface area contributed by atoms with Gasteiger partial charge < -0.3 is 10.6 Å². The van der Waals surface area contributed by atoms with E-state index in [1.165, 1.54) is 6.20 Å². The number of aromatic nitrogens is 3. The number of anilines is 1. The monoisotopic (exact) mass is 291 g/mol. The minimum Gasteiger partial charge on any atom is -0.369 e. The molecule has 0 radical (unpaired) electrons. The highest BCUT2D eigenvalue weighted by Gasteiger charge is 2.09. The highest BCUT2D eigenvalue weighted by molar-refractivity contribution is 6.33. The molecular formula is C13H14ClN5O. The van der Waals surface area contributed by atoms with E-state index >= 15 is 0 Å². The van der Waals surface area contributed by atoms with Gasteiger partial charge in [0, 0.05) is 18.9 Å². The summed E-state index contributed by atoms with van der Waals surface area (Å²) >= 11 is 6.04. The fraction of sp³-hybridized carbons (Fsp3) is 0.231. The number of nitrogens with one attached hydrogen (secondary N) is 2. The predicted octanol–water partition coefficient (Wildman–Crippen LogP) is 1.89. The molecule has 0 atom stereocenters. The first-order chi connectivity index (χ1) is 9.70. The third-order valence-corrected chi connectivity index (χ3v) is 2.79. The Bertz CT molecular complexity index is 591. The Morgan fingerprint density at radius 3 is 2.95 bits per heavy atom. The van der Waals surface area contributed by atoms with Crippen LogP contribution in [0.1, 0.15) is 23.0 Å². The van der Waals surface area contributed by atoms with Gasteiger partial charge in [0.05, 0.1) is 22.8 Å². The SMILES string of the molecule is CCNc1ncc(C(=O)NCc2cccnn2)cc1Cl. The van der Waals surface area contributed by atoms with Crippen molar-refractivity contribution in [3.63, 3.8) is 0 Å². The lowest BCUT2D eigenvalue weighted by Gasteiger charge is -2.07. The standard InChI is InChI=1S/C13H14ClN5O/c1-2-15-12-11(14)6-9(7-16-12)13(20)17-8-10-4-3-5-18-19-10/h3-7H,2,8H2,1H3,(H,15,16)(H,17,20). The molecule has 0 aliphatic rings. The van der Waals surface area contributed by atoms with Crippen molar-refractivity contribution in [2.45, 2.75) is 13.5 Å². The van der Waals surface area contributed by atoms with Crippen LogP contribution in [0.3, 0.4) is 0 Å². The van der Waals surface area contributed by atoms with Gasteiger partial charge in [-0.2, -0.15) is 10.2 Å². The number of carbonyl (C=O) groups is 1. The van der Waals surface area contributed by atoms with Crippen LogP contribution < -0.4 is 10.6 Å². The van der Waals surface area contributed by atoms with Crippen LogP contribution in [0.4, 0.5) is 5.82 Å². The van der Waals surface area contributed by atoms with E-state index in [2.05, 4.69) is 25.8 Å². The van der Waals surface area contributed by atoms with E-state index < -0.39 is 0 Å². The van der Waals surface area contributed by atoms with Crippen molar-refractivity contribution >= 4 is 23.3 Å². The van der Waals surface area contributed by atoms with Crippen molar-refractivity contribution in [3.05, 3.63) is 46.9 Å². The number of pyridine rings is 1. The van der Waals surface area contributed by atoms with Gasteiger partial charge in [-0.15, -0.1) is 0 Å². The summed E-state index contributed by atoms with van der Waals surface area (Å²) in [6.07, 6.45) is 3.06. The van der Waals surface area contributed by atoms with E-state index in [1.807, 2.05) is 6.92 Å². The van der Waals surface area contributed by atoms with Crippen LogP contribution in [0.2, 0.25) is 5.02 Å². The van der Waals surface area contributed by atoms with E-state index in [4.69, 9.17) is 11.6 Å². The first kappa shape index (κ1) is 14.2. The molecule has 0 fully saturated rings. The first-order valence-corrected chi connectivity index (χ1v) is 6.52. The molecule has 0 aromatic carbocycles. The second-order valence-corrected chi connectivity index (χ2v) is 4.39. The molecule has 0 aliphatic carbocycles. The molecular weight excluding hydrogens is 278 g/mol.